The van der Waals surface area contributed by atoms with Gasteiger partial charge in [-0.2, -0.15) is 0 Å². The lowest BCUT2D eigenvalue weighted by atomic mass is 10.0. The lowest BCUT2D eigenvalue weighted by Crippen LogP contribution is -2.29. The highest BCUT2D eigenvalue weighted by Crippen LogP contribution is 2.26. The number of carbonyl (C=O) groups is 1. The van der Waals surface area contributed by atoms with Gasteiger partial charge in [0.05, 0.1) is 25.2 Å². The predicted molar refractivity (Wildman–Crippen MR) is 109 cm³/mol. The zero-order valence-electron chi connectivity index (χ0n) is 15.9. The Kier molecular flexibility index (Phi) is 5.38. The van der Waals surface area contributed by atoms with Crippen LogP contribution in [0, 0.1) is 5.82 Å². The number of benzene rings is 2. The number of aromatic nitrogens is 2. The van der Waals surface area contributed by atoms with Crippen molar-refractivity contribution in [2.45, 2.75) is 0 Å². The van der Waals surface area contributed by atoms with Gasteiger partial charge in [-0.05, 0) is 23.3 Å². The van der Waals surface area contributed by atoms with Crippen LogP contribution in [0.5, 0.6) is 5.88 Å². The fraction of sp³-hybridized carbons (Fsp3) is 0.0455. The number of hydrogen-bond acceptors (Lipinski definition) is 6. The number of amides is 1. The number of anilines is 1. The van der Waals surface area contributed by atoms with Crippen molar-refractivity contribution >= 4 is 11.6 Å². The summed E-state index contributed by atoms with van der Waals surface area (Å²) in [4.78, 5) is 20.3. The number of nitrogens with one attached hydrogen (secondary N) is 2. The Labute approximate surface area is 171 Å². The largest absolute Gasteiger partial charge is 0.479 e. The number of methoxy groups -OCH3 is 1. The number of rotatable bonds is 6. The Morgan fingerprint density at radius 2 is 1.73 bits per heavy atom. The summed E-state index contributed by atoms with van der Waals surface area (Å²) in [6.07, 6.45) is 2.65. The second kappa shape index (κ2) is 8.44. The van der Waals surface area contributed by atoms with E-state index in [9.17, 15) is 9.18 Å². The quantitative estimate of drug-likeness (QED) is 0.466. The van der Waals surface area contributed by atoms with E-state index in [-0.39, 0.29) is 17.3 Å². The summed E-state index contributed by atoms with van der Waals surface area (Å²) in [5.74, 6) is -1.04. The van der Waals surface area contributed by atoms with Crippen LogP contribution >= 0.6 is 0 Å². The number of pyridine rings is 1. The summed E-state index contributed by atoms with van der Waals surface area (Å²) < 4.78 is 24.0. The van der Waals surface area contributed by atoms with E-state index in [0.29, 0.717) is 5.89 Å². The Morgan fingerprint density at radius 3 is 2.50 bits per heavy atom. The fourth-order valence-electron chi connectivity index (χ4n) is 2.81. The van der Waals surface area contributed by atoms with Gasteiger partial charge in [-0.25, -0.2) is 14.4 Å². The molecule has 150 valence electrons. The number of carbonyl (C=O) groups excluding carboxylic acids is 1. The molecule has 7 nitrogen and oxygen atoms in total. The molecule has 2 aromatic carbocycles. The number of ether oxygens (including phenoxy) is 1. The first-order valence-electron chi connectivity index (χ1n) is 9.01. The highest BCUT2D eigenvalue weighted by Gasteiger charge is 2.14. The van der Waals surface area contributed by atoms with Crippen LogP contribution < -0.4 is 15.6 Å². The van der Waals surface area contributed by atoms with E-state index in [1.54, 1.807) is 0 Å². The second-order valence-electron chi connectivity index (χ2n) is 6.27. The van der Waals surface area contributed by atoms with E-state index in [2.05, 4.69) is 20.8 Å². The van der Waals surface area contributed by atoms with Crippen LogP contribution in [-0.2, 0) is 0 Å². The van der Waals surface area contributed by atoms with Crippen molar-refractivity contribution < 1.29 is 18.3 Å². The molecule has 0 atom stereocenters. The van der Waals surface area contributed by atoms with Gasteiger partial charge in [-0.3, -0.25) is 15.6 Å². The average Bonchev–Trinajstić information content (AvgIpc) is 3.29. The minimum Gasteiger partial charge on any atom is -0.479 e. The molecule has 0 saturated carbocycles. The minimum atomic E-state index is -0.656. The Morgan fingerprint density at radius 1 is 0.967 bits per heavy atom. The maximum atomic E-state index is 13.7. The number of nitrogens with zero attached hydrogens (tertiary/aromatic N) is 2. The smallest absolute Gasteiger partial charge is 0.307 e. The van der Waals surface area contributed by atoms with Crippen molar-refractivity contribution in [3.63, 3.8) is 0 Å². The third-order valence-corrected chi connectivity index (χ3v) is 4.27. The van der Waals surface area contributed by atoms with Gasteiger partial charge in [0.25, 0.3) is 0 Å². The number of halogens is 1. The SMILES string of the molecule is COc1ncc(NNC(=O)c2cnc(-c3cccc(-c4ccccc4)c3)o2)cc1F. The first kappa shape index (κ1) is 19.1. The molecule has 0 fully saturated rings. The molecule has 30 heavy (non-hydrogen) atoms. The second-order valence-corrected chi connectivity index (χ2v) is 6.27. The van der Waals surface area contributed by atoms with Gasteiger partial charge >= 0.3 is 5.91 Å². The van der Waals surface area contributed by atoms with Crippen LogP contribution in [0.3, 0.4) is 0 Å². The molecule has 0 radical (unpaired) electrons. The average molecular weight is 404 g/mol. The third-order valence-electron chi connectivity index (χ3n) is 4.27. The monoisotopic (exact) mass is 404 g/mol. The first-order chi connectivity index (χ1) is 14.6. The van der Waals surface area contributed by atoms with E-state index in [0.717, 1.165) is 22.8 Å². The topological polar surface area (TPSA) is 89.3 Å². The highest BCUT2D eigenvalue weighted by atomic mass is 19.1. The molecule has 0 unspecified atom stereocenters. The van der Waals surface area contributed by atoms with E-state index in [1.165, 1.54) is 19.5 Å². The van der Waals surface area contributed by atoms with Crippen LogP contribution in [0.15, 0.2) is 77.5 Å². The van der Waals surface area contributed by atoms with Crippen molar-refractivity contribution in [3.8, 4) is 28.5 Å². The van der Waals surface area contributed by atoms with Crippen LogP contribution in [-0.4, -0.2) is 23.0 Å². The molecular formula is C22H17FN4O3. The highest BCUT2D eigenvalue weighted by molar-refractivity contribution is 5.92. The summed E-state index contributed by atoms with van der Waals surface area (Å²) in [5.41, 5.74) is 8.04. The standard InChI is InChI=1S/C22H17FN4O3/c1-29-22-18(23)11-17(12-24-22)26-27-20(28)19-13-25-21(30-19)16-9-5-8-15(10-16)14-6-3-2-4-7-14/h2-13,26H,1H3,(H,27,28). The van der Waals surface area contributed by atoms with Gasteiger partial charge < -0.3 is 9.15 Å². The number of hydrogen-bond donors (Lipinski definition) is 2. The maximum Gasteiger partial charge on any atom is 0.307 e. The van der Waals surface area contributed by atoms with E-state index >= 15 is 0 Å². The lowest BCUT2D eigenvalue weighted by Gasteiger charge is -2.08. The number of hydrazine groups is 1. The Bertz CT molecular complexity index is 1180. The fourth-order valence-corrected chi connectivity index (χ4v) is 2.81. The molecule has 0 saturated heterocycles. The summed E-state index contributed by atoms with van der Waals surface area (Å²) >= 11 is 0. The van der Waals surface area contributed by atoms with Gasteiger partial charge in [0.1, 0.15) is 0 Å². The van der Waals surface area contributed by atoms with Gasteiger partial charge in [-0.15, -0.1) is 0 Å². The molecule has 4 aromatic rings. The van der Waals surface area contributed by atoms with Crippen molar-refractivity contribution in [2.75, 3.05) is 12.5 Å². The van der Waals surface area contributed by atoms with Crippen molar-refractivity contribution in [1.29, 1.82) is 0 Å². The van der Waals surface area contributed by atoms with Crippen molar-refractivity contribution in [1.82, 2.24) is 15.4 Å². The van der Waals surface area contributed by atoms with Crippen LogP contribution in [0.25, 0.3) is 22.6 Å². The van der Waals surface area contributed by atoms with Gasteiger partial charge in [-0.1, -0.05) is 42.5 Å². The van der Waals surface area contributed by atoms with E-state index < -0.39 is 11.7 Å². The Hall–Kier alpha value is -4.20. The third kappa shape index (κ3) is 4.12. The molecule has 2 aromatic heterocycles. The summed E-state index contributed by atoms with van der Waals surface area (Å²) in [6.45, 7) is 0. The molecule has 4 rings (SSSR count). The van der Waals surface area contributed by atoms with Gasteiger partial charge in [0, 0.05) is 11.6 Å². The normalized spacial score (nSPS) is 10.5. The molecule has 0 aliphatic carbocycles. The van der Waals surface area contributed by atoms with Gasteiger partial charge in [0.2, 0.25) is 17.5 Å². The number of oxazole rings is 1. The van der Waals surface area contributed by atoms with E-state index in [4.69, 9.17) is 9.15 Å². The van der Waals surface area contributed by atoms with Gasteiger partial charge in [0.15, 0.2) is 5.82 Å². The molecule has 0 bridgehead atoms. The van der Waals surface area contributed by atoms with E-state index in [1.807, 2.05) is 54.6 Å². The molecule has 0 spiro atoms. The molecule has 2 heterocycles. The maximum absolute atomic E-state index is 13.7. The molecule has 0 aliphatic rings. The molecular weight excluding hydrogens is 387 g/mol. The Balaban J connectivity index is 1.46. The van der Waals surface area contributed by atoms with Crippen LogP contribution in [0.4, 0.5) is 10.1 Å². The summed E-state index contributed by atoms with van der Waals surface area (Å²) in [5, 5.41) is 0. The first-order valence-corrected chi connectivity index (χ1v) is 9.01. The van der Waals surface area contributed by atoms with Crippen molar-refractivity contribution in [3.05, 3.63) is 84.6 Å². The zero-order valence-corrected chi connectivity index (χ0v) is 15.9. The molecule has 8 heteroatoms. The zero-order chi connectivity index (χ0) is 20.9. The summed E-state index contributed by atoms with van der Waals surface area (Å²) in [6, 6.07) is 18.7. The van der Waals surface area contributed by atoms with Crippen LogP contribution in [0.1, 0.15) is 10.6 Å². The lowest BCUT2D eigenvalue weighted by molar-refractivity contribution is 0.0936. The van der Waals surface area contributed by atoms with Crippen LogP contribution in [0.2, 0.25) is 0 Å². The molecule has 1 amide bonds. The predicted octanol–water partition coefficient (Wildman–Crippen LogP) is 4.31. The van der Waals surface area contributed by atoms with Crippen molar-refractivity contribution in [2.24, 2.45) is 0 Å². The summed E-state index contributed by atoms with van der Waals surface area (Å²) in [7, 11) is 1.32. The molecule has 2 N–H and O–H groups in total. The molecule has 0 aliphatic heterocycles. The minimum absolute atomic E-state index is 0.00422.